The number of hydrogen-bond acceptors (Lipinski definition) is 2. The van der Waals surface area contributed by atoms with Gasteiger partial charge in [0.2, 0.25) is 0 Å². The van der Waals surface area contributed by atoms with E-state index < -0.39 is 0 Å². The monoisotopic (exact) mass is 267 g/mol. The molecule has 0 aliphatic heterocycles. The Morgan fingerprint density at radius 2 is 2.00 bits per heavy atom. The minimum atomic E-state index is -0.122. The van der Waals surface area contributed by atoms with Gasteiger partial charge >= 0.3 is 0 Å². The Balaban J connectivity index is 2.60. The van der Waals surface area contributed by atoms with Gasteiger partial charge in [-0.2, -0.15) is 0 Å². The van der Waals surface area contributed by atoms with Gasteiger partial charge in [-0.3, -0.25) is 0 Å². The van der Waals surface area contributed by atoms with E-state index >= 15 is 0 Å². The fourth-order valence-electron chi connectivity index (χ4n) is 2.12. The molecule has 1 N–H and O–H groups in total. The molecule has 1 aromatic rings. The van der Waals surface area contributed by atoms with Crippen molar-refractivity contribution in [2.24, 2.45) is 0 Å². The van der Waals surface area contributed by atoms with Gasteiger partial charge < -0.3 is 10.1 Å². The Morgan fingerprint density at radius 3 is 2.58 bits per heavy atom. The normalized spacial score (nSPS) is 13.5. The molecule has 0 aliphatic rings. The lowest BCUT2D eigenvalue weighted by Gasteiger charge is -2.26. The van der Waals surface area contributed by atoms with Gasteiger partial charge in [0.15, 0.2) is 0 Å². The number of rotatable bonds is 8. The zero-order chi connectivity index (χ0) is 14.3. The molecule has 0 amide bonds. The SMILES string of the molecule is CCNC(CCC(C)(C)OC)Cc1ccccc1F. The van der Waals surface area contributed by atoms with E-state index in [0.29, 0.717) is 0 Å². The number of benzene rings is 1. The summed E-state index contributed by atoms with van der Waals surface area (Å²) in [5.41, 5.74) is 0.659. The van der Waals surface area contributed by atoms with Gasteiger partial charge in [0.25, 0.3) is 0 Å². The zero-order valence-electron chi connectivity index (χ0n) is 12.5. The van der Waals surface area contributed by atoms with Gasteiger partial charge in [-0.25, -0.2) is 4.39 Å². The van der Waals surface area contributed by atoms with Crippen LogP contribution < -0.4 is 5.32 Å². The van der Waals surface area contributed by atoms with Crippen LogP contribution in [0.4, 0.5) is 4.39 Å². The smallest absolute Gasteiger partial charge is 0.126 e. The van der Waals surface area contributed by atoms with Gasteiger partial charge in [-0.15, -0.1) is 0 Å². The molecule has 1 rings (SSSR count). The van der Waals surface area contributed by atoms with Crippen LogP contribution >= 0.6 is 0 Å². The summed E-state index contributed by atoms with van der Waals surface area (Å²) in [7, 11) is 1.74. The molecule has 3 heteroatoms. The number of nitrogens with one attached hydrogen (secondary N) is 1. The third-order valence-corrected chi connectivity index (χ3v) is 3.56. The van der Waals surface area contributed by atoms with Crippen molar-refractivity contribution in [3.63, 3.8) is 0 Å². The lowest BCUT2D eigenvalue weighted by molar-refractivity contribution is 0.0117. The number of methoxy groups -OCH3 is 1. The van der Waals surface area contributed by atoms with Crippen molar-refractivity contribution < 1.29 is 9.13 Å². The van der Waals surface area contributed by atoms with Crippen LogP contribution in [0.1, 0.15) is 39.2 Å². The predicted octanol–water partition coefficient (Wildman–Crippen LogP) is 3.55. The Labute approximate surface area is 116 Å². The second kappa shape index (κ2) is 7.61. The molecule has 1 aromatic carbocycles. The molecule has 0 bridgehead atoms. The van der Waals surface area contributed by atoms with Crippen molar-refractivity contribution in [3.05, 3.63) is 35.6 Å². The molecule has 0 saturated heterocycles. The van der Waals surface area contributed by atoms with Crippen LogP contribution in [-0.4, -0.2) is 25.3 Å². The number of hydrogen-bond donors (Lipinski definition) is 1. The van der Waals surface area contributed by atoms with Crippen molar-refractivity contribution >= 4 is 0 Å². The van der Waals surface area contributed by atoms with Crippen LogP contribution in [0, 0.1) is 5.82 Å². The minimum absolute atomic E-state index is 0.114. The van der Waals surface area contributed by atoms with Crippen LogP contribution in [-0.2, 0) is 11.2 Å². The number of likely N-dealkylation sites (N-methyl/N-ethyl adjacent to an activating group) is 1. The zero-order valence-corrected chi connectivity index (χ0v) is 12.5. The van der Waals surface area contributed by atoms with E-state index in [-0.39, 0.29) is 17.5 Å². The maximum absolute atomic E-state index is 13.7. The van der Waals surface area contributed by atoms with Gasteiger partial charge in [-0.1, -0.05) is 25.1 Å². The van der Waals surface area contributed by atoms with Crippen LogP contribution in [0.3, 0.4) is 0 Å². The summed E-state index contributed by atoms with van der Waals surface area (Å²) < 4.78 is 19.1. The van der Waals surface area contributed by atoms with Crippen molar-refractivity contribution in [2.75, 3.05) is 13.7 Å². The quantitative estimate of drug-likeness (QED) is 0.777. The molecule has 0 aliphatic carbocycles. The maximum atomic E-state index is 13.7. The molecule has 0 radical (unpaired) electrons. The summed E-state index contributed by atoms with van der Waals surface area (Å²) in [4.78, 5) is 0. The highest BCUT2D eigenvalue weighted by Gasteiger charge is 2.19. The van der Waals surface area contributed by atoms with Crippen LogP contribution in [0.5, 0.6) is 0 Å². The first kappa shape index (κ1) is 16.1. The van der Waals surface area contributed by atoms with E-state index in [0.717, 1.165) is 31.4 Å². The number of halogens is 1. The highest BCUT2D eigenvalue weighted by atomic mass is 19.1. The second-order valence-electron chi connectivity index (χ2n) is 5.55. The Morgan fingerprint density at radius 1 is 1.32 bits per heavy atom. The molecule has 0 aromatic heterocycles. The molecular weight excluding hydrogens is 241 g/mol. The summed E-state index contributed by atoms with van der Waals surface area (Å²) in [6, 6.07) is 7.30. The summed E-state index contributed by atoms with van der Waals surface area (Å²) >= 11 is 0. The lowest BCUT2D eigenvalue weighted by Crippen LogP contribution is -2.34. The molecule has 19 heavy (non-hydrogen) atoms. The van der Waals surface area contributed by atoms with E-state index in [1.807, 2.05) is 12.1 Å². The van der Waals surface area contributed by atoms with Crippen molar-refractivity contribution in [1.29, 1.82) is 0 Å². The summed E-state index contributed by atoms with van der Waals surface area (Å²) in [5.74, 6) is -0.114. The van der Waals surface area contributed by atoms with E-state index in [2.05, 4.69) is 26.1 Å². The third-order valence-electron chi connectivity index (χ3n) is 3.56. The van der Waals surface area contributed by atoms with E-state index in [1.54, 1.807) is 13.2 Å². The highest BCUT2D eigenvalue weighted by Crippen LogP contribution is 2.19. The second-order valence-corrected chi connectivity index (χ2v) is 5.55. The standard InChI is InChI=1S/C16H26FNO/c1-5-18-14(10-11-16(2,3)19-4)12-13-8-6-7-9-15(13)17/h6-9,14,18H,5,10-12H2,1-4H3. The molecular formula is C16H26FNO. The fraction of sp³-hybridized carbons (Fsp3) is 0.625. The molecule has 1 atom stereocenters. The molecule has 2 nitrogen and oxygen atoms in total. The summed E-state index contributed by atoms with van der Waals surface area (Å²) in [6.07, 6.45) is 2.65. The van der Waals surface area contributed by atoms with Crippen molar-refractivity contribution in [1.82, 2.24) is 5.32 Å². The maximum Gasteiger partial charge on any atom is 0.126 e. The van der Waals surface area contributed by atoms with Crippen molar-refractivity contribution in [2.45, 2.75) is 51.7 Å². The Kier molecular flexibility index (Phi) is 6.46. The molecule has 0 fully saturated rings. The summed E-state index contributed by atoms with van der Waals surface area (Å²) in [5, 5.41) is 3.43. The highest BCUT2D eigenvalue weighted by molar-refractivity contribution is 5.18. The van der Waals surface area contributed by atoms with Crippen LogP contribution in [0.25, 0.3) is 0 Å². The molecule has 0 saturated carbocycles. The first-order chi connectivity index (χ1) is 8.98. The van der Waals surface area contributed by atoms with Gasteiger partial charge in [0.05, 0.1) is 5.60 Å². The van der Waals surface area contributed by atoms with E-state index in [4.69, 9.17) is 4.74 Å². The van der Waals surface area contributed by atoms with Gasteiger partial charge in [0.1, 0.15) is 5.82 Å². The van der Waals surface area contributed by atoms with Crippen LogP contribution in [0.2, 0.25) is 0 Å². The van der Waals surface area contributed by atoms with Gasteiger partial charge in [0, 0.05) is 13.2 Å². The predicted molar refractivity (Wildman–Crippen MR) is 77.9 cm³/mol. The molecule has 108 valence electrons. The third kappa shape index (κ3) is 5.70. The topological polar surface area (TPSA) is 21.3 Å². The van der Waals surface area contributed by atoms with Crippen molar-refractivity contribution in [3.8, 4) is 0 Å². The van der Waals surface area contributed by atoms with Crippen LogP contribution in [0.15, 0.2) is 24.3 Å². The first-order valence-corrected chi connectivity index (χ1v) is 7.00. The van der Waals surface area contributed by atoms with E-state index in [1.165, 1.54) is 6.07 Å². The van der Waals surface area contributed by atoms with Gasteiger partial charge in [-0.05, 0) is 51.3 Å². The van der Waals surface area contributed by atoms with E-state index in [9.17, 15) is 4.39 Å². The lowest BCUT2D eigenvalue weighted by atomic mass is 9.95. The fourth-order valence-corrected chi connectivity index (χ4v) is 2.12. The molecule has 0 spiro atoms. The largest absolute Gasteiger partial charge is 0.379 e. The first-order valence-electron chi connectivity index (χ1n) is 7.00. The molecule has 1 unspecified atom stereocenters. The molecule has 0 heterocycles. The number of ether oxygens (including phenoxy) is 1. The minimum Gasteiger partial charge on any atom is -0.379 e. The Bertz CT molecular complexity index is 379. The average Bonchev–Trinajstić information content (AvgIpc) is 2.39. The Hall–Kier alpha value is -0.930. The summed E-state index contributed by atoms with van der Waals surface area (Å²) in [6.45, 7) is 7.14. The average molecular weight is 267 g/mol.